The lowest BCUT2D eigenvalue weighted by Crippen LogP contribution is -1.96. The average Bonchev–Trinajstić information content (AvgIpc) is 1.85. The minimum atomic E-state index is -0.866. The smallest absolute Gasteiger partial charge is 0.338 e. The van der Waals surface area contributed by atoms with E-state index in [0.29, 0.717) is 0 Å². The van der Waals surface area contributed by atoms with Crippen LogP contribution in [0.5, 0.6) is 0 Å². The Kier molecular flexibility index (Phi) is 0.500. The molecule has 1 heterocycles. The Hall–Kier alpha value is -1.12. The van der Waals surface area contributed by atoms with Crippen molar-refractivity contribution in [1.82, 2.24) is 0 Å². The third-order valence-corrected chi connectivity index (χ3v) is 0.501. The molecule has 0 atom stereocenters. The van der Waals surface area contributed by atoms with E-state index in [9.17, 15) is 9.59 Å². The van der Waals surface area contributed by atoms with Crippen LogP contribution >= 0.6 is 0 Å². The summed E-state index contributed by atoms with van der Waals surface area (Å²) < 4.78 is 10.5. The van der Waals surface area contributed by atoms with E-state index >= 15 is 0 Å². The minimum absolute atomic E-state index is 0.380. The molecule has 3 nitrogen and oxygen atoms in total. The molecule has 3 heteroatoms. The summed E-state index contributed by atoms with van der Waals surface area (Å²) in [4.78, 5) is 20.1. The highest BCUT2D eigenvalue weighted by Gasteiger charge is 2.10. The zero-order valence-corrected chi connectivity index (χ0v) is 3.30. The molecule has 0 N–H and O–H groups in total. The average molecular weight is 99.1 g/mol. The minimum Gasteiger partial charge on any atom is -0.387 e. The van der Waals surface area contributed by atoms with Crippen LogP contribution in [-0.2, 0) is 14.3 Å². The van der Waals surface area contributed by atoms with Gasteiger partial charge in [0.1, 0.15) is 0 Å². The quantitative estimate of drug-likeness (QED) is 0.307. The first-order valence-corrected chi connectivity index (χ1v) is 1.64. The van der Waals surface area contributed by atoms with Crippen molar-refractivity contribution >= 4 is 11.9 Å². The van der Waals surface area contributed by atoms with Crippen molar-refractivity contribution in [2.75, 3.05) is 0 Å². The Morgan fingerprint density at radius 2 is 2.29 bits per heavy atom. The fourth-order valence-electron chi connectivity index (χ4n) is 0.268. The number of esters is 2. The van der Waals surface area contributed by atoms with Crippen molar-refractivity contribution in [3.8, 4) is 0 Å². The highest BCUT2D eigenvalue weighted by molar-refractivity contribution is 6.04. The molecule has 1 aliphatic heterocycles. The van der Waals surface area contributed by atoms with Gasteiger partial charge in [-0.05, 0) is 0 Å². The Morgan fingerprint density at radius 1 is 1.57 bits per heavy atom. The van der Waals surface area contributed by atoms with Crippen LogP contribution in [0.4, 0.5) is 0 Å². The van der Waals surface area contributed by atoms with Crippen LogP contribution in [0.15, 0.2) is 12.1 Å². The third kappa shape index (κ3) is 0.652. The van der Waals surface area contributed by atoms with Crippen LogP contribution in [-0.4, -0.2) is 11.9 Å². The van der Waals surface area contributed by atoms with Crippen molar-refractivity contribution < 1.29 is 15.7 Å². The van der Waals surface area contributed by atoms with E-state index in [1.807, 2.05) is 0 Å². The van der Waals surface area contributed by atoms with Crippen molar-refractivity contribution in [1.29, 1.82) is 0 Å². The van der Waals surface area contributed by atoms with Crippen LogP contribution in [0.1, 0.15) is 1.37 Å². The van der Waals surface area contributed by atoms with Gasteiger partial charge >= 0.3 is 11.9 Å². The van der Waals surface area contributed by atoms with Gasteiger partial charge in [-0.3, -0.25) is 0 Å². The lowest BCUT2D eigenvalue weighted by molar-refractivity contribution is -0.150. The standard InChI is InChI=1S/C4H2O3/c5-3-1-2-4(6)7-3/h1-2H/i1D. The van der Waals surface area contributed by atoms with Crippen molar-refractivity contribution in [3.63, 3.8) is 0 Å². The summed E-state index contributed by atoms with van der Waals surface area (Å²) in [6, 6.07) is -0.380. The summed E-state index contributed by atoms with van der Waals surface area (Å²) in [5.74, 6) is -1.62. The van der Waals surface area contributed by atoms with Crippen LogP contribution in [0.3, 0.4) is 0 Å². The maximum absolute atomic E-state index is 10.1. The molecule has 0 bridgehead atoms. The van der Waals surface area contributed by atoms with Crippen molar-refractivity contribution in [2.45, 2.75) is 0 Å². The van der Waals surface area contributed by atoms with Crippen LogP contribution < -0.4 is 0 Å². The predicted octanol–water partition coefficient (Wildman–Crippen LogP) is -0.374. The molecule has 0 saturated carbocycles. The Balaban J connectivity index is 2.88. The molecule has 0 unspecified atom stereocenters. The van der Waals surface area contributed by atoms with Gasteiger partial charge in [-0.1, -0.05) is 0 Å². The second-order valence-electron chi connectivity index (χ2n) is 0.997. The van der Waals surface area contributed by atoms with Gasteiger partial charge in [0.15, 0.2) is 0 Å². The van der Waals surface area contributed by atoms with E-state index in [4.69, 9.17) is 1.37 Å². The first-order chi connectivity index (χ1) is 3.70. The molecule has 0 aromatic rings. The van der Waals surface area contributed by atoms with E-state index in [-0.39, 0.29) is 6.05 Å². The van der Waals surface area contributed by atoms with Crippen molar-refractivity contribution in [2.24, 2.45) is 0 Å². The first-order valence-electron chi connectivity index (χ1n) is 2.14. The van der Waals surface area contributed by atoms with Gasteiger partial charge in [0.2, 0.25) is 0 Å². The molecule has 36 valence electrons. The van der Waals surface area contributed by atoms with Gasteiger partial charge in [0, 0.05) is 12.1 Å². The molecule has 0 spiro atoms. The molecule has 0 fully saturated rings. The second-order valence-corrected chi connectivity index (χ2v) is 0.997. The van der Waals surface area contributed by atoms with Crippen LogP contribution in [0.2, 0.25) is 0 Å². The van der Waals surface area contributed by atoms with Crippen molar-refractivity contribution in [3.05, 3.63) is 12.1 Å². The van der Waals surface area contributed by atoms with Gasteiger partial charge in [-0.25, -0.2) is 9.59 Å². The number of hydrogen-bond acceptors (Lipinski definition) is 3. The fraction of sp³-hybridized carbons (Fsp3) is 0. The SMILES string of the molecule is [2H]C1=CC(=O)OC1=O. The van der Waals surface area contributed by atoms with E-state index in [1.165, 1.54) is 0 Å². The molecular formula is C4H2O3. The highest BCUT2D eigenvalue weighted by atomic mass is 16.6. The molecule has 0 saturated heterocycles. The summed E-state index contributed by atoms with van der Waals surface area (Å²) >= 11 is 0. The molecule has 0 aromatic carbocycles. The lowest BCUT2D eigenvalue weighted by atomic mass is 10.6. The molecule has 0 amide bonds. The molecule has 1 aliphatic rings. The lowest BCUT2D eigenvalue weighted by Gasteiger charge is -1.80. The van der Waals surface area contributed by atoms with E-state index in [1.54, 1.807) is 0 Å². The van der Waals surface area contributed by atoms with Crippen LogP contribution in [0.25, 0.3) is 0 Å². The molecule has 1 rings (SSSR count). The molecular weight excluding hydrogens is 96.0 g/mol. The molecule has 0 radical (unpaired) electrons. The maximum Gasteiger partial charge on any atom is 0.338 e. The number of carbonyl (C=O) groups is 2. The zero-order chi connectivity index (χ0) is 6.15. The summed E-state index contributed by atoms with van der Waals surface area (Å²) in [6.07, 6.45) is 0.836. The Morgan fingerprint density at radius 3 is 2.43 bits per heavy atom. The number of rotatable bonds is 0. The number of hydrogen-bond donors (Lipinski definition) is 0. The number of carbonyl (C=O) groups excluding carboxylic acids is 2. The van der Waals surface area contributed by atoms with E-state index < -0.39 is 11.9 Å². The molecule has 0 aromatic heterocycles. The highest BCUT2D eigenvalue weighted by Crippen LogP contribution is 1.92. The van der Waals surface area contributed by atoms with Gasteiger partial charge in [0.25, 0.3) is 0 Å². The normalized spacial score (nSPS) is 21.1. The first kappa shape index (κ1) is 2.96. The molecule has 0 aliphatic carbocycles. The van der Waals surface area contributed by atoms with Gasteiger partial charge < -0.3 is 4.74 Å². The maximum atomic E-state index is 10.1. The van der Waals surface area contributed by atoms with Gasteiger partial charge in [-0.15, -0.1) is 0 Å². The third-order valence-electron chi connectivity index (χ3n) is 0.501. The number of ether oxygens (including phenoxy) is 1. The zero-order valence-electron chi connectivity index (χ0n) is 4.30. The summed E-state index contributed by atoms with van der Waals surface area (Å²) in [5, 5.41) is 0. The van der Waals surface area contributed by atoms with Crippen LogP contribution in [0, 0.1) is 0 Å². The molecule has 7 heavy (non-hydrogen) atoms. The predicted molar refractivity (Wildman–Crippen MR) is 20.2 cm³/mol. The Labute approximate surface area is 41.0 Å². The monoisotopic (exact) mass is 99.0 g/mol. The Bertz CT molecular complexity index is 182. The topological polar surface area (TPSA) is 43.4 Å². The summed E-state index contributed by atoms with van der Waals surface area (Å²) in [5.41, 5.74) is 0. The van der Waals surface area contributed by atoms with Gasteiger partial charge in [0.05, 0.1) is 1.37 Å². The van der Waals surface area contributed by atoms with E-state index in [0.717, 1.165) is 6.08 Å². The van der Waals surface area contributed by atoms with E-state index in [2.05, 4.69) is 4.74 Å². The van der Waals surface area contributed by atoms with Gasteiger partial charge in [-0.2, -0.15) is 0 Å². The number of cyclic esters (lactones) is 2. The largest absolute Gasteiger partial charge is 0.387 e. The summed E-state index contributed by atoms with van der Waals surface area (Å²) in [7, 11) is 0. The fourth-order valence-corrected chi connectivity index (χ4v) is 0.268. The summed E-state index contributed by atoms with van der Waals surface area (Å²) in [6.45, 7) is 0. The second kappa shape index (κ2) is 1.18.